The Hall–Kier alpha value is -2.76. The minimum Gasteiger partial charge on any atom is -0.482 e. The molecule has 0 saturated carbocycles. The monoisotopic (exact) mass is 592 g/mol. The summed E-state index contributed by atoms with van der Waals surface area (Å²) in [6, 6.07) is 15.5. The summed E-state index contributed by atoms with van der Waals surface area (Å²) >= 11 is 2.11. The minimum absolute atomic E-state index is 0.0226. The highest BCUT2D eigenvalue weighted by molar-refractivity contribution is 14.1. The quantitative estimate of drug-likeness (QED) is 0.288. The summed E-state index contributed by atoms with van der Waals surface area (Å²) in [4.78, 5) is 39.8. The standard InChI is InChI=1S/C26H29IN2O6/c1-2-21(31)26(34)29(16-17-8-4-3-5-9-17)20-14-18(25(33)28-12-13-30)15-23(24(20)32)35-22-11-7-6-10-19(22)27/h3-11,15,20,23-24,30,32H,2,12-14,16H2,1H3,(H,28,33). The van der Waals surface area contributed by atoms with Crippen molar-refractivity contribution in [3.63, 3.8) is 0 Å². The molecule has 9 heteroatoms. The van der Waals surface area contributed by atoms with Crippen LogP contribution in [0.4, 0.5) is 0 Å². The van der Waals surface area contributed by atoms with Crippen molar-refractivity contribution in [2.24, 2.45) is 0 Å². The number of halogens is 1. The molecule has 3 N–H and O–H groups in total. The normalized spacial score (nSPS) is 19.4. The molecule has 8 nitrogen and oxygen atoms in total. The van der Waals surface area contributed by atoms with Crippen molar-refractivity contribution in [3.8, 4) is 5.75 Å². The summed E-state index contributed by atoms with van der Waals surface area (Å²) in [7, 11) is 0. The van der Waals surface area contributed by atoms with Crippen LogP contribution >= 0.6 is 22.6 Å². The van der Waals surface area contributed by atoms with Gasteiger partial charge in [-0.3, -0.25) is 14.4 Å². The highest BCUT2D eigenvalue weighted by atomic mass is 127. The first-order chi connectivity index (χ1) is 16.8. The lowest BCUT2D eigenvalue weighted by Gasteiger charge is -2.40. The van der Waals surface area contributed by atoms with Crippen LogP contribution in [-0.4, -0.2) is 64.1 Å². The van der Waals surface area contributed by atoms with E-state index in [0.29, 0.717) is 11.3 Å². The number of aliphatic hydroxyl groups is 2. The molecule has 1 aliphatic carbocycles. The number of carbonyl (C=O) groups is 3. The number of amides is 2. The van der Waals surface area contributed by atoms with Crippen LogP contribution in [0, 0.1) is 3.57 Å². The highest BCUT2D eigenvalue weighted by Gasteiger charge is 2.41. The van der Waals surface area contributed by atoms with Gasteiger partial charge in [0, 0.05) is 31.5 Å². The number of hydrogen-bond donors (Lipinski definition) is 3. The molecule has 186 valence electrons. The average Bonchev–Trinajstić information content (AvgIpc) is 2.88. The number of ether oxygens (including phenoxy) is 1. The molecule has 0 saturated heterocycles. The third-order valence-electron chi connectivity index (χ3n) is 5.73. The Bertz CT molecular complexity index is 1070. The minimum atomic E-state index is -1.20. The summed E-state index contributed by atoms with van der Waals surface area (Å²) in [5.41, 5.74) is 1.09. The Kier molecular flexibility index (Phi) is 9.82. The van der Waals surface area contributed by atoms with Gasteiger partial charge in [0.05, 0.1) is 16.2 Å². The Morgan fingerprint density at radius 1 is 1.11 bits per heavy atom. The second-order valence-electron chi connectivity index (χ2n) is 8.14. The van der Waals surface area contributed by atoms with Crippen molar-refractivity contribution in [1.82, 2.24) is 10.2 Å². The van der Waals surface area contributed by atoms with Crippen LogP contribution in [0.25, 0.3) is 0 Å². The van der Waals surface area contributed by atoms with Crippen molar-refractivity contribution < 1.29 is 29.3 Å². The molecule has 2 aromatic carbocycles. The predicted octanol–water partition coefficient (Wildman–Crippen LogP) is 2.21. The maximum atomic E-state index is 13.2. The number of hydrogen-bond acceptors (Lipinski definition) is 6. The summed E-state index contributed by atoms with van der Waals surface area (Å²) < 4.78 is 6.91. The molecular weight excluding hydrogens is 563 g/mol. The highest BCUT2D eigenvalue weighted by Crippen LogP contribution is 2.30. The van der Waals surface area contributed by atoms with Gasteiger partial charge in [0.1, 0.15) is 18.0 Å². The van der Waals surface area contributed by atoms with Gasteiger partial charge in [0.15, 0.2) is 0 Å². The third-order valence-corrected chi connectivity index (χ3v) is 6.62. The maximum absolute atomic E-state index is 13.2. The van der Waals surface area contributed by atoms with Crippen LogP contribution in [0.5, 0.6) is 5.75 Å². The van der Waals surface area contributed by atoms with Crippen LogP contribution in [0.1, 0.15) is 25.3 Å². The molecule has 0 heterocycles. The number of benzene rings is 2. The summed E-state index contributed by atoms with van der Waals surface area (Å²) in [5.74, 6) is -1.20. The van der Waals surface area contributed by atoms with E-state index in [0.717, 1.165) is 9.13 Å². The van der Waals surface area contributed by atoms with Gasteiger partial charge in [-0.2, -0.15) is 0 Å². The van der Waals surface area contributed by atoms with Crippen LogP contribution in [0.15, 0.2) is 66.2 Å². The molecule has 3 unspecified atom stereocenters. The molecule has 0 aromatic heterocycles. The number of Topliss-reactive ketones (excluding diaryl/α,β-unsaturated/α-hetero) is 1. The number of para-hydroxylation sites is 1. The zero-order valence-electron chi connectivity index (χ0n) is 19.4. The Balaban J connectivity index is 1.99. The number of nitrogens with one attached hydrogen (secondary N) is 1. The average molecular weight is 592 g/mol. The van der Waals surface area contributed by atoms with Crippen molar-refractivity contribution in [2.75, 3.05) is 13.2 Å². The maximum Gasteiger partial charge on any atom is 0.290 e. The van der Waals surface area contributed by atoms with Gasteiger partial charge >= 0.3 is 0 Å². The van der Waals surface area contributed by atoms with Crippen LogP contribution in [0.2, 0.25) is 0 Å². The molecule has 2 aromatic rings. The largest absolute Gasteiger partial charge is 0.482 e. The molecule has 0 aliphatic heterocycles. The molecule has 3 atom stereocenters. The second-order valence-corrected chi connectivity index (χ2v) is 9.30. The summed E-state index contributed by atoms with van der Waals surface area (Å²) in [6.07, 6.45) is -0.543. The van der Waals surface area contributed by atoms with Gasteiger partial charge in [0.2, 0.25) is 11.7 Å². The predicted molar refractivity (Wildman–Crippen MR) is 138 cm³/mol. The SMILES string of the molecule is CCC(=O)C(=O)N(Cc1ccccc1)C1CC(C(=O)NCCO)=CC(Oc2ccccc2I)C1O. The van der Waals surface area contributed by atoms with E-state index in [1.54, 1.807) is 25.1 Å². The number of rotatable bonds is 10. The van der Waals surface area contributed by atoms with E-state index in [1.807, 2.05) is 42.5 Å². The topological polar surface area (TPSA) is 116 Å². The molecule has 0 fully saturated rings. The summed E-state index contributed by atoms with van der Waals surface area (Å²) in [6.45, 7) is 1.53. The van der Waals surface area contributed by atoms with Crippen molar-refractivity contribution in [3.05, 3.63) is 75.4 Å². The molecule has 3 rings (SSSR count). The van der Waals surface area contributed by atoms with Gasteiger partial charge in [-0.25, -0.2) is 0 Å². The van der Waals surface area contributed by atoms with Crippen LogP contribution in [0.3, 0.4) is 0 Å². The molecule has 2 amide bonds. The molecule has 0 spiro atoms. The molecule has 35 heavy (non-hydrogen) atoms. The van der Waals surface area contributed by atoms with Gasteiger partial charge in [-0.15, -0.1) is 0 Å². The van der Waals surface area contributed by atoms with Crippen molar-refractivity contribution >= 4 is 40.2 Å². The van der Waals surface area contributed by atoms with Gasteiger partial charge in [0.25, 0.3) is 5.91 Å². The van der Waals surface area contributed by atoms with E-state index < -0.39 is 35.8 Å². The zero-order valence-corrected chi connectivity index (χ0v) is 21.6. The first kappa shape index (κ1) is 26.8. The van der Waals surface area contributed by atoms with Crippen LogP contribution < -0.4 is 10.1 Å². The number of nitrogens with zero attached hydrogens (tertiary/aromatic N) is 1. The number of ketones is 1. The van der Waals surface area contributed by atoms with Crippen molar-refractivity contribution in [1.29, 1.82) is 0 Å². The van der Waals surface area contributed by atoms with Crippen LogP contribution in [-0.2, 0) is 20.9 Å². The molecular formula is C26H29IN2O6. The molecule has 0 bridgehead atoms. The first-order valence-corrected chi connectivity index (χ1v) is 12.5. The van der Waals surface area contributed by atoms with Gasteiger partial charge in [-0.05, 0) is 46.4 Å². The van der Waals surface area contributed by atoms with E-state index in [1.165, 1.54) is 4.90 Å². The number of carbonyl (C=O) groups excluding carboxylic acids is 3. The van der Waals surface area contributed by atoms with E-state index in [9.17, 15) is 19.5 Å². The lowest BCUT2D eigenvalue weighted by atomic mass is 9.87. The van der Waals surface area contributed by atoms with Crippen molar-refractivity contribution in [2.45, 2.75) is 44.6 Å². The fourth-order valence-electron chi connectivity index (χ4n) is 3.90. The van der Waals surface area contributed by atoms with E-state index in [2.05, 4.69) is 27.9 Å². The fraction of sp³-hybridized carbons (Fsp3) is 0.346. The Labute approximate surface area is 218 Å². The Morgan fingerprint density at radius 3 is 2.46 bits per heavy atom. The van der Waals surface area contributed by atoms with Gasteiger partial charge < -0.3 is 25.2 Å². The van der Waals surface area contributed by atoms with Gasteiger partial charge in [-0.1, -0.05) is 49.4 Å². The zero-order chi connectivity index (χ0) is 25.4. The summed E-state index contributed by atoms with van der Waals surface area (Å²) in [5, 5.41) is 23.1. The van der Waals surface area contributed by atoms with E-state index >= 15 is 0 Å². The van der Waals surface area contributed by atoms with E-state index in [-0.39, 0.29) is 32.5 Å². The number of aliphatic hydroxyl groups excluding tert-OH is 2. The first-order valence-electron chi connectivity index (χ1n) is 11.4. The van der Waals surface area contributed by atoms with E-state index in [4.69, 9.17) is 9.84 Å². The second kappa shape index (κ2) is 12.8. The molecule has 0 radical (unpaired) electrons. The third kappa shape index (κ3) is 6.89. The lowest BCUT2D eigenvalue weighted by molar-refractivity contribution is -0.149. The molecule has 1 aliphatic rings. The Morgan fingerprint density at radius 2 is 1.80 bits per heavy atom. The lowest BCUT2D eigenvalue weighted by Crippen LogP contribution is -2.56. The smallest absolute Gasteiger partial charge is 0.290 e. The fourth-order valence-corrected chi connectivity index (χ4v) is 4.41.